The van der Waals surface area contributed by atoms with E-state index in [1.807, 2.05) is 0 Å². The largest absolute Gasteiger partial charge is 0.394 e. The highest BCUT2D eigenvalue weighted by molar-refractivity contribution is 5.81. The fraction of sp³-hybridized carbons (Fsp3) is 0.250. The molecule has 0 bridgehead atoms. The van der Waals surface area contributed by atoms with E-state index in [9.17, 15) is 8.78 Å². The monoisotopic (exact) mass is 222 g/mol. The molecule has 0 spiro atoms. The first kappa shape index (κ1) is 12.2. The first-order valence-electron chi connectivity index (χ1n) is 4.64. The molecule has 0 atom stereocenters. The number of alkyl halides is 2. The smallest absolute Gasteiger partial charge is 0.264 e. The van der Waals surface area contributed by atoms with Gasteiger partial charge in [-0.15, -0.1) is 12.3 Å². The topological polar surface area (TPSA) is 21.6 Å². The molecule has 2 nitrogen and oxygen atoms in total. The molecule has 1 aromatic rings. The molecule has 0 aromatic heterocycles. The maximum atomic E-state index is 12.5. The van der Waals surface area contributed by atoms with Crippen molar-refractivity contribution in [3.8, 4) is 12.3 Å². The van der Waals surface area contributed by atoms with Gasteiger partial charge in [0.1, 0.15) is 12.8 Å². The second kappa shape index (κ2) is 6.57. The van der Waals surface area contributed by atoms with Crippen LogP contribution in [0.2, 0.25) is 0 Å². The SMILES string of the molecule is C#CCCON=[C]c1ccccc1C(F)F. The van der Waals surface area contributed by atoms with Gasteiger partial charge in [0.05, 0.1) is 0 Å². The van der Waals surface area contributed by atoms with Crippen LogP contribution in [0.3, 0.4) is 0 Å². The van der Waals surface area contributed by atoms with Gasteiger partial charge in [-0.3, -0.25) is 0 Å². The molecule has 0 N–H and O–H groups in total. The lowest BCUT2D eigenvalue weighted by molar-refractivity contribution is 0.149. The number of nitrogens with zero attached hydrogens (tertiary/aromatic N) is 1. The molecule has 0 aliphatic carbocycles. The van der Waals surface area contributed by atoms with Crippen LogP contribution in [-0.2, 0) is 4.84 Å². The van der Waals surface area contributed by atoms with Crippen LogP contribution < -0.4 is 0 Å². The number of terminal acetylenes is 1. The van der Waals surface area contributed by atoms with Gasteiger partial charge in [-0.1, -0.05) is 29.4 Å². The summed E-state index contributed by atoms with van der Waals surface area (Å²) < 4.78 is 25.0. The molecule has 16 heavy (non-hydrogen) atoms. The van der Waals surface area contributed by atoms with Crippen molar-refractivity contribution >= 4 is 6.21 Å². The van der Waals surface area contributed by atoms with E-state index in [1.165, 1.54) is 18.2 Å². The molecule has 0 saturated heterocycles. The quantitative estimate of drug-likeness (QED) is 0.325. The Morgan fingerprint density at radius 2 is 2.12 bits per heavy atom. The summed E-state index contributed by atoms with van der Waals surface area (Å²) in [5.41, 5.74) is 0.102. The maximum absolute atomic E-state index is 12.5. The number of hydrogen-bond acceptors (Lipinski definition) is 2. The molecule has 1 rings (SSSR count). The summed E-state index contributed by atoms with van der Waals surface area (Å²) in [6, 6.07) is 5.98. The Bertz CT molecular complexity index is 396. The zero-order valence-electron chi connectivity index (χ0n) is 8.49. The van der Waals surface area contributed by atoms with Crippen molar-refractivity contribution in [3.05, 3.63) is 35.4 Å². The van der Waals surface area contributed by atoms with Gasteiger partial charge < -0.3 is 4.84 Å². The van der Waals surface area contributed by atoms with Crippen molar-refractivity contribution in [2.45, 2.75) is 12.8 Å². The van der Waals surface area contributed by atoms with E-state index < -0.39 is 6.43 Å². The molecule has 0 unspecified atom stereocenters. The summed E-state index contributed by atoms with van der Waals surface area (Å²) in [6.07, 6.45) is 5.27. The zero-order valence-corrected chi connectivity index (χ0v) is 8.49. The first-order chi connectivity index (χ1) is 7.75. The van der Waals surface area contributed by atoms with Crippen LogP contribution in [0.25, 0.3) is 0 Å². The lowest BCUT2D eigenvalue weighted by Crippen LogP contribution is -1.94. The summed E-state index contributed by atoms with van der Waals surface area (Å²) in [7, 11) is 0. The van der Waals surface area contributed by atoms with Crippen LogP contribution in [0.15, 0.2) is 29.4 Å². The maximum Gasteiger partial charge on any atom is 0.264 e. The van der Waals surface area contributed by atoms with Crippen molar-refractivity contribution in [3.63, 3.8) is 0 Å². The van der Waals surface area contributed by atoms with Crippen molar-refractivity contribution in [1.29, 1.82) is 0 Å². The lowest BCUT2D eigenvalue weighted by atomic mass is 10.1. The molecule has 1 aromatic carbocycles. The summed E-state index contributed by atoms with van der Waals surface area (Å²) in [4.78, 5) is 4.74. The Morgan fingerprint density at radius 1 is 1.38 bits per heavy atom. The van der Waals surface area contributed by atoms with Gasteiger partial charge in [0, 0.05) is 17.5 Å². The van der Waals surface area contributed by atoms with Gasteiger partial charge in [-0.25, -0.2) is 8.78 Å². The summed E-state index contributed by atoms with van der Waals surface area (Å²) in [5.74, 6) is 2.36. The molecule has 0 amide bonds. The summed E-state index contributed by atoms with van der Waals surface area (Å²) in [5, 5.41) is 3.44. The van der Waals surface area contributed by atoms with E-state index in [-0.39, 0.29) is 17.7 Å². The van der Waals surface area contributed by atoms with Crippen molar-refractivity contribution in [2.24, 2.45) is 5.16 Å². The van der Waals surface area contributed by atoms with Gasteiger partial charge in [-0.2, -0.15) is 0 Å². The van der Waals surface area contributed by atoms with Crippen molar-refractivity contribution in [1.82, 2.24) is 0 Å². The Kier molecular flexibility index (Phi) is 5.00. The molecule has 0 aliphatic rings. The molecule has 1 radical (unpaired) electrons. The number of benzene rings is 1. The first-order valence-corrected chi connectivity index (χ1v) is 4.64. The van der Waals surface area contributed by atoms with Crippen LogP contribution in [0.5, 0.6) is 0 Å². The second-order valence-corrected chi connectivity index (χ2v) is 2.88. The van der Waals surface area contributed by atoms with Crippen LogP contribution >= 0.6 is 0 Å². The van der Waals surface area contributed by atoms with E-state index in [0.717, 1.165) is 0 Å². The van der Waals surface area contributed by atoms with Crippen molar-refractivity contribution < 1.29 is 13.6 Å². The van der Waals surface area contributed by atoms with Gasteiger partial charge in [0.25, 0.3) is 6.43 Å². The average Bonchev–Trinajstić information content (AvgIpc) is 2.29. The molecular formula is C12H10F2NO. The molecule has 0 fully saturated rings. The Hall–Kier alpha value is -1.89. The number of rotatable bonds is 5. The normalized spacial score (nSPS) is 10.6. The molecule has 4 heteroatoms. The third-order valence-corrected chi connectivity index (χ3v) is 1.76. The predicted molar refractivity (Wildman–Crippen MR) is 57.3 cm³/mol. The minimum atomic E-state index is -2.55. The Labute approximate surface area is 92.9 Å². The lowest BCUT2D eigenvalue weighted by Gasteiger charge is -2.02. The number of hydrogen-bond donors (Lipinski definition) is 0. The van der Waals surface area contributed by atoms with E-state index in [1.54, 1.807) is 6.07 Å². The third kappa shape index (κ3) is 3.70. The van der Waals surface area contributed by atoms with Gasteiger partial charge in [0.2, 0.25) is 0 Å². The Balaban J connectivity index is 2.63. The standard InChI is InChI=1S/C12H10F2NO/c1-2-3-8-16-15-9-10-6-4-5-7-11(10)12(13)14/h1,4-7,12H,3,8H2. The summed E-state index contributed by atoms with van der Waals surface area (Å²) in [6.45, 7) is 0.250. The highest BCUT2D eigenvalue weighted by atomic mass is 19.3. The zero-order chi connectivity index (χ0) is 11.8. The number of halogens is 2. The summed E-state index contributed by atoms with van der Waals surface area (Å²) >= 11 is 0. The van der Waals surface area contributed by atoms with E-state index in [2.05, 4.69) is 17.3 Å². The van der Waals surface area contributed by atoms with Crippen LogP contribution in [0.1, 0.15) is 24.0 Å². The molecular weight excluding hydrogens is 212 g/mol. The Morgan fingerprint density at radius 3 is 2.81 bits per heavy atom. The fourth-order valence-electron chi connectivity index (χ4n) is 1.02. The van der Waals surface area contributed by atoms with Gasteiger partial charge in [0.15, 0.2) is 0 Å². The minimum absolute atomic E-state index is 0.119. The fourth-order valence-corrected chi connectivity index (χ4v) is 1.02. The van der Waals surface area contributed by atoms with Crippen LogP contribution in [-0.4, -0.2) is 12.8 Å². The molecule has 0 heterocycles. The predicted octanol–water partition coefficient (Wildman–Crippen LogP) is 2.88. The average molecular weight is 222 g/mol. The molecule has 0 aliphatic heterocycles. The molecule has 0 saturated carbocycles. The van der Waals surface area contributed by atoms with E-state index in [4.69, 9.17) is 11.3 Å². The van der Waals surface area contributed by atoms with E-state index >= 15 is 0 Å². The van der Waals surface area contributed by atoms with Gasteiger partial charge >= 0.3 is 0 Å². The minimum Gasteiger partial charge on any atom is -0.394 e. The van der Waals surface area contributed by atoms with E-state index in [0.29, 0.717) is 6.42 Å². The molecule has 83 valence electrons. The van der Waals surface area contributed by atoms with Crippen LogP contribution in [0.4, 0.5) is 8.78 Å². The highest BCUT2D eigenvalue weighted by Crippen LogP contribution is 2.21. The third-order valence-electron chi connectivity index (χ3n) is 1.76. The van der Waals surface area contributed by atoms with Gasteiger partial charge in [-0.05, 0) is 0 Å². The van der Waals surface area contributed by atoms with Crippen LogP contribution in [0, 0.1) is 12.3 Å². The second-order valence-electron chi connectivity index (χ2n) is 2.88. The highest BCUT2D eigenvalue weighted by Gasteiger charge is 2.10. The van der Waals surface area contributed by atoms with Crippen molar-refractivity contribution in [2.75, 3.05) is 6.61 Å².